The Kier molecular flexibility index (Phi) is 6.31. The fraction of sp³-hybridized carbons (Fsp3) is 0.938. The van der Waals surface area contributed by atoms with Crippen molar-refractivity contribution in [3.63, 3.8) is 0 Å². The number of rotatable bonds is 5. The van der Waals surface area contributed by atoms with E-state index in [-0.39, 0.29) is 12.0 Å². The van der Waals surface area contributed by atoms with Crippen molar-refractivity contribution in [1.82, 2.24) is 4.90 Å². The maximum atomic E-state index is 10.9. The van der Waals surface area contributed by atoms with Gasteiger partial charge < -0.3 is 5.11 Å². The molecule has 1 rings (SSSR count). The second-order valence-electron chi connectivity index (χ2n) is 6.94. The van der Waals surface area contributed by atoms with Crippen LogP contribution in [-0.4, -0.2) is 34.1 Å². The molecule has 1 aliphatic carbocycles. The van der Waals surface area contributed by atoms with Crippen molar-refractivity contribution in [1.29, 1.82) is 0 Å². The summed E-state index contributed by atoms with van der Waals surface area (Å²) in [5.41, 5.74) is 0.0617. The minimum Gasteiger partial charge on any atom is -0.481 e. The Hall–Kier alpha value is -0.570. The summed E-state index contributed by atoms with van der Waals surface area (Å²) in [7, 11) is 0. The molecule has 0 radical (unpaired) electrons. The molecule has 1 saturated carbocycles. The van der Waals surface area contributed by atoms with Crippen LogP contribution in [0.1, 0.15) is 72.6 Å². The number of carbonyl (C=O) groups is 1. The SMILES string of the molecule is CCC1CCCC(N(CCC(=O)O)C(C)(C)C)CC1. The molecule has 3 heteroatoms. The predicted molar refractivity (Wildman–Crippen MR) is 79.4 cm³/mol. The number of hydrogen-bond donors (Lipinski definition) is 1. The highest BCUT2D eigenvalue weighted by atomic mass is 16.4. The Balaban J connectivity index is 2.66. The molecule has 19 heavy (non-hydrogen) atoms. The van der Waals surface area contributed by atoms with Crippen LogP contribution in [0.5, 0.6) is 0 Å². The van der Waals surface area contributed by atoms with Gasteiger partial charge in [0, 0.05) is 18.1 Å². The Morgan fingerprint density at radius 1 is 1.21 bits per heavy atom. The van der Waals surface area contributed by atoms with Crippen molar-refractivity contribution >= 4 is 5.97 Å². The third-order valence-corrected chi connectivity index (χ3v) is 4.50. The molecule has 0 bridgehead atoms. The summed E-state index contributed by atoms with van der Waals surface area (Å²) in [6, 6.07) is 0.566. The van der Waals surface area contributed by atoms with E-state index in [0.717, 1.165) is 5.92 Å². The molecule has 0 saturated heterocycles. The lowest BCUT2D eigenvalue weighted by Crippen LogP contribution is -2.49. The van der Waals surface area contributed by atoms with E-state index in [4.69, 9.17) is 5.11 Å². The molecule has 3 nitrogen and oxygen atoms in total. The first-order chi connectivity index (χ1) is 8.84. The van der Waals surface area contributed by atoms with Gasteiger partial charge in [0.1, 0.15) is 0 Å². The Bertz CT molecular complexity index is 283. The molecule has 112 valence electrons. The summed E-state index contributed by atoms with van der Waals surface area (Å²) >= 11 is 0. The molecule has 2 unspecified atom stereocenters. The predicted octanol–water partition coefficient (Wildman–Crippen LogP) is 3.92. The maximum Gasteiger partial charge on any atom is 0.304 e. The third kappa shape index (κ3) is 5.52. The molecule has 0 aromatic carbocycles. The van der Waals surface area contributed by atoms with Crippen molar-refractivity contribution in [2.75, 3.05) is 6.54 Å². The lowest BCUT2D eigenvalue weighted by Gasteiger charge is -2.41. The molecule has 1 aliphatic rings. The fourth-order valence-corrected chi connectivity index (χ4v) is 3.36. The first-order valence-electron chi connectivity index (χ1n) is 7.83. The Labute approximate surface area is 118 Å². The van der Waals surface area contributed by atoms with E-state index < -0.39 is 5.97 Å². The van der Waals surface area contributed by atoms with E-state index in [1.54, 1.807) is 0 Å². The van der Waals surface area contributed by atoms with E-state index in [1.165, 1.54) is 38.5 Å². The largest absolute Gasteiger partial charge is 0.481 e. The summed E-state index contributed by atoms with van der Waals surface area (Å²) in [4.78, 5) is 13.3. The molecule has 0 aliphatic heterocycles. The molecular formula is C16H31NO2. The quantitative estimate of drug-likeness (QED) is 0.769. The highest BCUT2D eigenvalue weighted by Crippen LogP contribution is 2.31. The topological polar surface area (TPSA) is 40.5 Å². The van der Waals surface area contributed by atoms with Crippen molar-refractivity contribution in [3.05, 3.63) is 0 Å². The summed E-state index contributed by atoms with van der Waals surface area (Å²) in [6.07, 6.45) is 7.96. The summed E-state index contributed by atoms with van der Waals surface area (Å²) in [6.45, 7) is 9.59. The Morgan fingerprint density at radius 3 is 2.42 bits per heavy atom. The van der Waals surface area contributed by atoms with E-state index in [1.807, 2.05) is 0 Å². The molecular weight excluding hydrogens is 238 g/mol. The van der Waals surface area contributed by atoms with Crippen LogP contribution in [0, 0.1) is 5.92 Å². The van der Waals surface area contributed by atoms with Crippen molar-refractivity contribution in [2.24, 2.45) is 5.92 Å². The van der Waals surface area contributed by atoms with Gasteiger partial charge in [-0.3, -0.25) is 9.69 Å². The molecule has 1 N–H and O–H groups in total. The van der Waals surface area contributed by atoms with Gasteiger partial charge in [0.15, 0.2) is 0 Å². The zero-order valence-electron chi connectivity index (χ0n) is 13.1. The minimum absolute atomic E-state index is 0.0617. The van der Waals surface area contributed by atoms with Crippen LogP contribution in [0.4, 0.5) is 0 Å². The summed E-state index contributed by atoms with van der Waals surface area (Å²) in [5, 5.41) is 8.94. The number of aliphatic carboxylic acids is 1. The lowest BCUT2D eigenvalue weighted by molar-refractivity contribution is -0.137. The molecule has 0 heterocycles. The standard InChI is InChI=1S/C16H31NO2/c1-5-13-7-6-8-14(10-9-13)17(16(2,3)4)12-11-15(18)19/h13-14H,5-12H2,1-4H3,(H,18,19). The summed E-state index contributed by atoms with van der Waals surface area (Å²) < 4.78 is 0. The van der Waals surface area contributed by atoms with Crippen molar-refractivity contribution in [3.8, 4) is 0 Å². The lowest BCUT2D eigenvalue weighted by atomic mass is 9.96. The zero-order valence-corrected chi connectivity index (χ0v) is 13.1. The van der Waals surface area contributed by atoms with Gasteiger partial charge in [0.05, 0.1) is 6.42 Å². The molecule has 0 aromatic heterocycles. The van der Waals surface area contributed by atoms with Gasteiger partial charge in [-0.15, -0.1) is 0 Å². The van der Waals surface area contributed by atoms with E-state index in [2.05, 4.69) is 32.6 Å². The second kappa shape index (κ2) is 7.28. The first-order valence-corrected chi connectivity index (χ1v) is 7.83. The average Bonchev–Trinajstić information content (AvgIpc) is 2.52. The van der Waals surface area contributed by atoms with Crippen LogP contribution in [0.25, 0.3) is 0 Å². The van der Waals surface area contributed by atoms with Gasteiger partial charge in [0.2, 0.25) is 0 Å². The number of carboxylic acids is 1. The first kappa shape index (κ1) is 16.5. The van der Waals surface area contributed by atoms with Crippen molar-refractivity contribution < 1.29 is 9.90 Å². The van der Waals surface area contributed by atoms with Gasteiger partial charge in [-0.2, -0.15) is 0 Å². The van der Waals surface area contributed by atoms with Crippen LogP contribution in [0.3, 0.4) is 0 Å². The molecule has 0 spiro atoms. The highest BCUT2D eigenvalue weighted by molar-refractivity contribution is 5.66. The van der Waals surface area contributed by atoms with E-state index in [0.29, 0.717) is 12.6 Å². The van der Waals surface area contributed by atoms with Crippen LogP contribution < -0.4 is 0 Å². The average molecular weight is 269 g/mol. The highest BCUT2D eigenvalue weighted by Gasteiger charge is 2.30. The van der Waals surface area contributed by atoms with Gasteiger partial charge in [-0.05, 0) is 46.0 Å². The zero-order chi connectivity index (χ0) is 14.5. The van der Waals surface area contributed by atoms with Gasteiger partial charge in [-0.25, -0.2) is 0 Å². The number of nitrogens with zero attached hydrogens (tertiary/aromatic N) is 1. The molecule has 2 atom stereocenters. The third-order valence-electron chi connectivity index (χ3n) is 4.50. The van der Waals surface area contributed by atoms with Crippen LogP contribution in [0.15, 0.2) is 0 Å². The van der Waals surface area contributed by atoms with Gasteiger partial charge >= 0.3 is 5.97 Å². The van der Waals surface area contributed by atoms with Crippen LogP contribution in [0.2, 0.25) is 0 Å². The summed E-state index contributed by atoms with van der Waals surface area (Å²) in [5.74, 6) is 0.195. The molecule has 0 amide bonds. The fourth-order valence-electron chi connectivity index (χ4n) is 3.36. The minimum atomic E-state index is -0.686. The normalized spacial score (nSPS) is 25.3. The van der Waals surface area contributed by atoms with E-state index in [9.17, 15) is 4.79 Å². The van der Waals surface area contributed by atoms with Crippen molar-refractivity contribution in [2.45, 2.75) is 84.2 Å². The van der Waals surface area contributed by atoms with Gasteiger partial charge in [0.25, 0.3) is 0 Å². The maximum absolute atomic E-state index is 10.9. The smallest absolute Gasteiger partial charge is 0.304 e. The Morgan fingerprint density at radius 2 is 1.89 bits per heavy atom. The monoisotopic (exact) mass is 269 g/mol. The molecule has 0 aromatic rings. The number of hydrogen-bond acceptors (Lipinski definition) is 2. The van der Waals surface area contributed by atoms with Gasteiger partial charge in [-0.1, -0.05) is 26.2 Å². The van der Waals surface area contributed by atoms with Crippen LogP contribution >= 0.6 is 0 Å². The second-order valence-corrected chi connectivity index (χ2v) is 6.94. The van der Waals surface area contributed by atoms with Crippen LogP contribution in [-0.2, 0) is 4.79 Å². The van der Waals surface area contributed by atoms with E-state index >= 15 is 0 Å². The number of carboxylic acid groups (broad SMARTS) is 1. The molecule has 1 fully saturated rings.